The number of hydrogen-bond donors (Lipinski definition) is 2. The van der Waals surface area contributed by atoms with E-state index in [0.29, 0.717) is 5.69 Å². The zero-order chi connectivity index (χ0) is 13.5. The Hall–Kier alpha value is -1.62. The molecule has 1 aliphatic rings. The number of nitrogens with one attached hydrogen (secondary N) is 2. The molecule has 0 aliphatic carbocycles. The van der Waals surface area contributed by atoms with Gasteiger partial charge >= 0.3 is 0 Å². The lowest BCUT2D eigenvalue weighted by Crippen LogP contribution is -2.45. The molecule has 5 heteroatoms. The van der Waals surface area contributed by atoms with E-state index in [9.17, 15) is 4.79 Å². The summed E-state index contributed by atoms with van der Waals surface area (Å²) in [5.41, 5.74) is 3.39. The molecule has 0 saturated carbocycles. The van der Waals surface area contributed by atoms with Crippen LogP contribution >= 0.6 is 0 Å². The maximum atomic E-state index is 12.1. The Balaban J connectivity index is 1.93. The van der Waals surface area contributed by atoms with E-state index in [0.717, 1.165) is 44.7 Å². The first-order valence-corrected chi connectivity index (χ1v) is 7.06. The minimum absolute atomic E-state index is 0.123. The fourth-order valence-electron chi connectivity index (χ4n) is 2.12. The third-order valence-corrected chi connectivity index (χ3v) is 3.15. The number of nitrogens with zero attached hydrogens (tertiary/aromatic N) is 2. The van der Waals surface area contributed by atoms with E-state index in [1.165, 1.54) is 6.42 Å². The number of hydrazine groups is 1. The largest absolute Gasteiger partial charge is 0.370 e. The van der Waals surface area contributed by atoms with Crippen LogP contribution in [0.4, 0.5) is 5.82 Å². The molecule has 0 radical (unpaired) electrons. The number of piperidine rings is 1. The van der Waals surface area contributed by atoms with Crippen LogP contribution in [-0.4, -0.2) is 35.5 Å². The summed E-state index contributed by atoms with van der Waals surface area (Å²) in [6.45, 7) is 4.82. The lowest BCUT2D eigenvalue weighted by molar-refractivity contribution is 0.0745. The molecule has 1 amide bonds. The molecule has 0 aromatic carbocycles. The van der Waals surface area contributed by atoms with Crippen LogP contribution in [0, 0.1) is 0 Å². The Labute approximate surface area is 114 Å². The molecule has 1 saturated heterocycles. The van der Waals surface area contributed by atoms with Crippen molar-refractivity contribution in [3.63, 3.8) is 0 Å². The summed E-state index contributed by atoms with van der Waals surface area (Å²) in [6.07, 6.45) is 4.57. The quantitative estimate of drug-likeness (QED) is 0.852. The average Bonchev–Trinajstić information content (AvgIpc) is 2.46. The highest BCUT2D eigenvalue weighted by atomic mass is 16.2. The predicted molar refractivity (Wildman–Crippen MR) is 75.9 cm³/mol. The zero-order valence-corrected chi connectivity index (χ0v) is 11.5. The van der Waals surface area contributed by atoms with E-state index in [-0.39, 0.29) is 5.91 Å². The number of amides is 1. The van der Waals surface area contributed by atoms with Crippen molar-refractivity contribution in [1.29, 1.82) is 0 Å². The van der Waals surface area contributed by atoms with E-state index < -0.39 is 0 Å². The molecule has 1 aromatic rings. The van der Waals surface area contributed by atoms with Gasteiger partial charge in [0.25, 0.3) is 5.91 Å². The van der Waals surface area contributed by atoms with Gasteiger partial charge in [-0.2, -0.15) is 0 Å². The average molecular weight is 262 g/mol. The number of pyridine rings is 1. The van der Waals surface area contributed by atoms with Gasteiger partial charge in [0.05, 0.1) is 0 Å². The van der Waals surface area contributed by atoms with Gasteiger partial charge < -0.3 is 5.32 Å². The van der Waals surface area contributed by atoms with Crippen LogP contribution in [0.5, 0.6) is 0 Å². The third-order valence-electron chi connectivity index (χ3n) is 3.15. The second-order valence-corrected chi connectivity index (χ2v) is 4.82. The van der Waals surface area contributed by atoms with Gasteiger partial charge in [-0.25, -0.2) is 9.99 Å². The number of hydrogen-bond acceptors (Lipinski definition) is 4. The maximum absolute atomic E-state index is 12.1. The van der Waals surface area contributed by atoms with Crippen molar-refractivity contribution in [2.24, 2.45) is 0 Å². The summed E-state index contributed by atoms with van der Waals surface area (Å²) in [7, 11) is 0. The van der Waals surface area contributed by atoms with Crippen molar-refractivity contribution in [2.75, 3.05) is 25.0 Å². The molecular weight excluding hydrogens is 240 g/mol. The van der Waals surface area contributed by atoms with Crippen LogP contribution in [0.15, 0.2) is 18.2 Å². The predicted octanol–water partition coefficient (Wildman–Crippen LogP) is 2.03. The molecule has 0 bridgehead atoms. The maximum Gasteiger partial charge on any atom is 0.284 e. The van der Waals surface area contributed by atoms with Crippen LogP contribution in [0.25, 0.3) is 0 Å². The monoisotopic (exact) mass is 262 g/mol. The lowest BCUT2D eigenvalue weighted by Gasteiger charge is -2.26. The summed E-state index contributed by atoms with van der Waals surface area (Å²) in [4.78, 5) is 16.4. The number of rotatable bonds is 5. The summed E-state index contributed by atoms with van der Waals surface area (Å²) in [6, 6.07) is 5.49. The second-order valence-electron chi connectivity index (χ2n) is 4.82. The number of anilines is 1. The number of carbonyl (C=O) groups is 1. The molecule has 2 N–H and O–H groups in total. The molecule has 1 aromatic heterocycles. The molecule has 0 atom stereocenters. The van der Waals surface area contributed by atoms with E-state index in [2.05, 4.69) is 22.7 Å². The van der Waals surface area contributed by atoms with Crippen LogP contribution < -0.4 is 10.7 Å². The normalized spacial score (nSPS) is 16.1. The van der Waals surface area contributed by atoms with Gasteiger partial charge in [-0.05, 0) is 31.4 Å². The molecule has 0 spiro atoms. The first kappa shape index (κ1) is 13.8. The Morgan fingerprint density at radius 3 is 2.84 bits per heavy atom. The van der Waals surface area contributed by atoms with E-state index in [1.54, 1.807) is 6.07 Å². The molecule has 2 rings (SSSR count). The lowest BCUT2D eigenvalue weighted by atomic mass is 10.2. The summed E-state index contributed by atoms with van der Waals surface area (Å²) >= 11 is 0. The zero-order valence-electron chi connectivity index (χ0n) is 11.5. The second kappa shape index (κ2) is 7.09. The highest BCUT2D eigenvalue weighted by Crippen LogP contribution is 2.08. The SMILES string of the molecule is CCCNc1cccc(C(=O)NN2CCCCC2)n1. The van der Waals surface area contributed by atoms with Gasteiger partial charge in [-0.1, -0.05) is 19.4 Å². The molecule has 5 nitrogen and oxygen atoms in total. The van der Waals surface area contributed by atoms with Crippen LogP contribution in [0.3, 0.4) is 0 Å². The molecular formula is C14H22N4O. The Kier molecular flexibility index (Phi) is 5.15. The van der Waals surface area contributed by atoms with Crippen molar-refractivity contribution in [3.8, 4) is 0 Å². The van der Waals surface area contributed by atoms with E-state index in [1.807, 2.05) is 17.1 Å². The summed E-state index contributed by atoms with van der Waals surface area (Å²) in [5, 5.41) is 5.17. The Bertz CT molecular complexity index is 416. The smallest absolute Gasteiger partial charge is 0.284 e. The van der Waals surface area contributed by atoms with Gasteiger partial charge in [0.15, 0.2) is 0 Å². The standard InChI is InChI=1S/C14H22N4O/c1-2-9-15-13-8-6-7-12(16-13)14(19)17-18-10-4-3-5-11-18/h6-8H,2-5,9-11H2,1H3,(H,15,16)(H,17,19). The van der Waals surface area contributed by atoms with Crippen molar-refractivity contribution >= 4 is 11.7 Å². The summed E-state index contributed by atoms with van der Waals surface area (Å²) < 4.78 is 0. The van der Waals surface area contributed by atoms with Crippen LogP contribution in [-0.2, 0) is 0 Å². The van der Waals surface area contributed by atoms with Crippen molar-refractivity contribution in [3.05, 3.63) is 23.9 Å². The van der Waals surface area contributed by atoms with Crippen molar-refractivity contribution in [1.82, 2.24) is 15.4 Å². The highest BCUT2D eigenvalue weighted by molar-refractivity contribution is 5.92. The fourth-order valence-corrected chi connectivity index (χ4v) is 2.12. The molecule has 1 aliphatic heterocycles. The molecule has 104 valence electrons. The van der Waals surface area contributed by atoms with E-state index >= 15 is 0 Å². The fraction of sp³-hybridized carbons (Fsp3) is 0.571. The Morgan fingerprint density at radius 1 is 1.32 bits per heavy atom. The van der Waals surface area contributed by atoms with Crippen LogP contribution in [0.2, 0.25) is 0 Å². The Morgan fingerprint density at radius 2 is 2.11 bits per heavy atom. The van der Waals surface area contributed by atoms with Gasteiger partial charge in [-0.3, -0.25) is 10.2 Å². The highest BCUT2D eigenvalue weighted by Gasteiger charge is 2.14. The summed E-state index contributed by atoms with van der Waals surface area (Å²) in [5.74, 6) is 0.634. The van der Waals surface area contributed by atoms with Gasteiger partial charge in [0.2, 0.25) is 0 Å². The van der Waals surface area contributed by atoms with Gasteiger partial charge in [0.1, 0.15) is 11.5 Å². The van der Waals surface area contributed by atoms with Crippen LogP contribution in [0.1, 0.15) is 43.1 Å². The van der Waals surface area contributed by atoms with Gasteiger partial charge in [-0.15, -0.1) is 0 Å². The first-order chi connectivity index (χ1) is 9.29. The molecule has 1 fully saturated rings. The minimum atomic E-state index is -0.123. The van der Waals surface area contributed by atoms with Crippen molar-refractivity contribution in [2.45, 2.75) is 32.6 Å². The molecule has 19 heavy (non-hydrogen) atoms. The minimum Gasteiger partial charge on any atom is -0.370 e. The number of aromatic nitrogens is 1. The third kappa shape index (κ3) is 4.21. The van der Waals surface area contributed by atoms with Crippen molar-refractivity contribution < 1.29 is 4.79 Å². The van der Waals surface area contributed by atoms with Gasteiger partial charge in [0, 0.05) is 19.6 Å². The van der Waals surface area contributed by atoms with E-state index in [4.69, 9.17) is 0 Å². The number of carbonyl (C=O) groups excluding carboxylic acids is 1. The molecule has 2 heterocycles. The molecule has 0 unspecified atom stereocenters. The topological polar surface area (TPSA) is 57.3 Å². The first-order valence-electron chi connectivity index (χ1n) is 7.06.